The second-order valence-corrected chi connectivity index (χ2v) is 6.54. The average molecular weight is 391 g/mol. The molecule has 4 aromatic rings. The third-order valence-corrected chi connectivity index (χ3v) is 4.35. The molecule has 0 unspecified atom stereocenters. The Balaban J connectivity index is 1.35. The fourth-order valence-corrected chi connectivity index (χ4v) is 2.82. The van der Waals surface area contributed by atoms with Crippen LogP contribution in [0.4, 0.5) is 10.1 Å². The van der Waals surface area contributed by atoms with E-state index < -0.39 is 5.82 Å². The number of nitrogens with zero attached hydrogens (tertiary/aromatic N) is 4. The molecule has 1 amide bonds. The number of hydrogen-bond donors (Lipinski definition) is 1. The summed E-state index contributed by atoms with van der Waals surface area (Å²) in [6.45, 7) is 2.02. The van der Waals surface area contributed by atoms with E-state index in [2.05, 4.69) is 20.4 Å². The molecule has 0 fully saturated rings. The maximum atomic E-state index is 14.2. The van der Waals surface area contributed by atoms with Crippen LogP contribution in [0.15, 0.2) is 65.7 Å². The molecule has 8 heteroatoms. The van der Waals surface area contributed by atoms with Gasteiger partial charge in [0.1, 0.15) is 18.3 Å². The number of halogens is 1. The van der Waals surface area contributed by atoms with Crippen molar-refractivity contribution < 1.29 is 13.6 Å². The summed E-state index contributed by atoms with van der Waals surface area (Å²) >= 11 is 0. The van der Waals surface area contributed by atoms with Gasteiger partial charge in [-0.1, -0.05) is 29.8 Å². The van der Waals surface area contributed by atoms with Gasteiger partial charge in [-0.2, -0.15) is 5.10 Å². The molecule has 146 valence electrons. The van der Waals surface area contributed by atoms with Gasteiger partial charge in [-0.05, 0) is 25.1 Å². The van der Waals surface area contributed by atoms with Crippen molar-refractivity contribution >= 4 is 11.6 Å². The molecule has 29 heavy (non-hydrogen) atoms. The third-order valence-electron chi connectivity index (χ3n) is 4.35. The fraction of sp³-hybridized carbons (Fsp3) is 0.143. The summed E-state index contributed by atoms with van der Waals surface area (Å²) in [5.41, 5.74) is 2.71. The molecular formula is C21H18FN5O2. The van der Waals surface area contributed by atoms with Gasteiger partial charge in [0.25, 0.3) is 0 Å². The number of oxazole rings is 1. The summed E-state index contributed by atoms with van der Waals surface area (Å²) in [6.07, 6.45) is 4.88. The normalized spacial score (nSPS) is 10.8. The molecule has 4 rings (SSSR count). The van der Waals surface area contributed by atoms with Crippen molar-refractivity contribution in [2.75, 3.05) is 5.32 Å². The lowest BCUT2D eigenvalue weighted by atomic mass is 10.1. The second-order valence-electron chi connectivity index (χ2n) is 6.54. The number of aromatic nitrogens is 4. The van der Waals surface area contributed by atoms with Gasteiger partial charge in [-0.3, -0.25) is 4.79 Å². The van der Waals surface area contributed by atoms with E-state index in [1.807, 2.05) is 31.2 Å². The fourth-order valence-electron chi connectivity index (χ4n) is 2.82. The summed E-state index contributed by atoms with van der Waals surface area (Å²) in [5, 5.41) is 6.57. The molecule has 0 spiro atoms. The maximum absolute atomic E-state index is 14.2. The maximum Gasteiger partial charge on any atom is 0.224 e. The van der Waals surface area contributed by atoms with Gasteiger partial charge >= 0.3 is 0 Å². The zero-order valence-electron chi connectivity index (χ0n) is 15.7. The van der Waals surface area contributed by atoms with E-state index >= 15 is 0 Å². The van der Waals surface area contributed by atoms with Crippen molar-refractivity contribution in [3.8, 4) is 17.0 Å². The van der Waals surface area contributed by atoms with E-state index in [0.29, 0.717) is 23.8 Å². The van der Waals surface area contributed by atoms with Crippen LogP contribution in [0.5, 0.6) is 0 Å². The van der Waals surface area contributed by atoms with Gasteiger partial charge in [0, 0.05) is 24.1 Å². The molecule has 1 N–H and O–H groups in total. The van der Waals surface area contributed by atoms with Gasteiger partial charge in [0.2, 0.25) is 5.91 Å². The standard InChI is InChI=1S/C21H18FN5O2/c1-14-2-4-15(5-3-14)19-11-24-21(29-19)9-8-20(28)26-16-6-7-18(17(22)10-16)27-13-23-12-25-27/h2-7,10-13H,8-9H2,1H3,(H,26,28). The lowest BCUT2D eigenvalue weighted by molar-refractivity contribution is -0.116. The second kappa shape index (κ2) is 8.05. The molecule has 0 aliphatic heterocycles. The van der Waals surface area contributed by atoms with Gasteiger partial charge < -0.3 is 9.73 Å². The zero-order valence-corrected chi connectivity index (χ0v) is 15.7. The molecule has 0 saturated carbocycles. The topological polar surface area (TPSA) is 85.8 Å². The van der Waals surface area contributed by atoms with Crippen molar-refractivity contribution in [2.24, 2.45) is 0 Å². The highest BCUT2D eigenvalue weighted by molar-refractivity contribution is 5.90. The number of carbonyl (C=O) groups excluding carboxylic acids is 1. The molecule has 2 heterocycles. The number of nitrogens with one attached hydrogen (secondary N) is 1. The highest BCUT2D eigenvalue weighted by atomic mass is 19.1. The van der Waals surface area contributed by atoms with Crippen molar-refractivity contribution in [3.05, 3.63) is 78.6 Å². The van der Waals surface area contributed by atoms with Crippen molar-refractivity contribution in [1.82, 2.24) is 19.7 Å². The van der Waals surface area contributed by atoms with Crippen LogP contribution in [0.1, 0.15) is 17.9 Å². The summed E-state index contributed by atoms with van der Waals surface area (Å²) in [6, 6.07) is 12.3. The van der Waals surface area contributed by atoms with E-state index in [1.165, 1.54) is 29.5 Å². The first-order valence-corrected chi connectivity index (χ1v) is 9.04. The molecule has 0 aliphatic rings. The molecule has 0 radical (unpaired) electrons. The van der Waals surface area contributed by atoms with Crippen LogP contribution in [0.3, 0.4) is 0 Å². The van der Waals surface area contributed by atoms with E-state index in [0.717, 1.165) is 11.1 Å². The number of benzene rings is 2. The summed E-state index contributed by atoms with van der Waals surface area (Å²) < 4.78 is 21.3. The first-order chi connectivity index (χ1) is 14.1. The number of hydrogen-bond acceptors (Lipinski definition) is 5. The minimum Gasteiger partial charge on any atom is -0.441 e. The molecule has 2 aromatic heterocycles. The zero-order chi connectivity index (χ0) is 20.2. The van der Waals surface area contributed by atoms with E-state index in [4.69, 9.17) is 4.42 Å². The molecule has 7 nitrogen and oxygen atoms in total. The minimum absolute atomic E-state index is 0.167. The predicted octanol–water partition coefficient (Wildman–Crippen LogP) is 3.94. The number of rotatable bonds is 6. The van der Waals surface area contributed by atoms with E-state index in [9.17, 15) is 9.18 Å². The highest BCUT2D eigenvalue weighted by Gasteiger charge is 2.11. The van der Waals surface area contributed by atoms with Crippen LogP contribution in [-0.2, 0) is 11.2 Å². The molecule has 0 saturated heterocycles. The third kappa shape index (κ3) is 4.37. The van der Waals surface area contributed by atoms with Gasteiger partial charge in [-0.25, -0.2) is 19.0 Å². The van der Waals surface area contributed by atoms with Gasteiger partial charge in [-0.15, -0.1) is 0 Å². The number of aryl methyl sites for hydroxylation is 2. The molecular weight excluding hydrogens is 373 g/mol. The molecule has 0 aliphatic carbocycles. The Hall–Kier alpha value is -3.81. The Kier molecular flexibility index (Phi) is 5.15. The van der Waals surface area contributed by atoms with Crippen molar-refractivity contribution in [1.29, 1.82) is 0 Å². The summed E-state index contributed by atoms with van der Waals surface area (Å²) in [7, 11) is 0. The van der Waals surface area contributed by atoms with Gasteiger partial charge in [0.05, 0.1) is 6.20 Å². The first kappa shape index (κ1) is 18.5. The molecule has 2 aromatic carbocycles. The Labute approximate surface area is 166 Å². The number of carbonyl (C=O) groups is 1. The predicted molar refractivity (Wildman–Crippen MR) is 105 cm³/mol. The molecule has 0 atom stereocenters. The van der Waals surface area contributed by atoms with Crippen molar-refractivity contribution in [2.45, 2.75) is 19.8 Å². The summed E-state index contributed by atoms with van der Waals surface area (Å²) in [5.74, 6) is 0.367. The number of amides is 1. The largest absolute Gasteiger partial charge is 0.441 e. The number of anilines is 1. The van der Waals surface area contributed by atoms with Gasteiger partial charge in [0.15, 0.2) is 17.5 Å². The smallest absolute Gasteiger partial charge is 0.224 e. The SMILES string of the molecule is Cc1ccc(-c2cnc(CCC(=O)Nc3ccc(-n4cncn4)c(F)c3)o2)cc1. The van der Waals surface area contributed by atoms with E-state index in [-0.39, 0.29) is 18.0 Å². The lowest BCUT2D eigenvalue weighted by Gasteiger charge is -2.07. The van der Waals surface area contributed by atoms with Crippen LogP contribution in [0, 0.1) is 12.7 Å². The van der Waals surface area contributed by atoms with Crippen LogP contribution >= 0.6 is 0 Å². The van der Waals surface area contributed by atoms with Crippen LogP contribution in [0.2, 0.25) is 0 Å². The Bertz CT molecular complexity index is 1120. The Morgan fingerprint density at radius 3 is 2.76 bits per heavy atom. The molecule has 0 bridgehead atoms. The first-order valence-electron chi connectivity index (χ1n) is 9.04. The Morgan fingerprint density at radius 1 is 1.21 bits per heavy atom. The lowest BCUT2D eigenvalue weighted by Crippen LogP contribution is -2.13. The van der Waals surface area contributed by atoms with Crippen LogP contribution in [-0.4, -0.2) is 25.7 Å². The minimum atomic E-state index is -0.510. The quantitative estimate of drug-likeness (QED) is 0.538. The highest BCUT2D eigenvalue weighted by Crippen LogP contribution is 2.22. The van der Waals surface area contributed by atoms with Crippen molar-refractivity contribution in [3.63, 3.8) is 0 Å². The van der Waals surface area contributed by atoms with E-state index in [1.54, 1.807) is 12.3 Å². The Morgan fingerprint density at radius 2 is 2.03 bits per heavy atom. The average Bonchev–Trinajstić information content (AvgIpc) is 3.39. The summed E-state index contributed by atoms with van der Waals surface area (Å²) in [4.78, 5) is 20.2. The monoisotopic (exact) mass is 391 g/mol. The van der Waals surface area contributed by atoms with Crippen LogP contribution in [0.25, 0.3) is 17.0 Å². The van der Waals surface area contributed by atoms with Crippen LogP contribution < -0.4 is 5.32 Å².